The lowest BCUT2D eigenvalue weighted by molar-refractivity contribution is 0.664. The lowest BCUT2D eigenvalue weighted by Crippen LogP contribution is -2.23. The van der Waals surface area contributed by atoms with Gasteiger partial charge in [-0.05, 0) is 36.8 Å². The Hall–Kier alpha value is -2.00. The first-order valence-corrected chi connectivity index (χ1v) is 7.06. The zero-order valence-corrected chi connectivity index (χ0v) is 12.0. The number of nitrogens with zero attached hydrogens (tertiary/aromatic N) is 2. The predicted octanol–water partition coefficient (Wildman–Crippen LogP) is 3.86. The number of rotatable bonds is 3. The third-order valence-electron chi connectivity index (χ3n) is 3.35. The zero-order valence-electron chi connectivity index (χ0n) is 11.2. The van der Waals surface area contributed by atoms with E-state index in [1.54, 1.807) is 9.13 Å². The summed E-state index contributed by atoms with van der Waals surface area (Å²) in [4.78, 5) is 12.7. The van der Waals surface area contributed by atoms with Gasteiger partial charge >= 0.3 is 5.69 Å². The summed E-state index contributed by atoms with van der Waals surface area (Å²) in [6.45, 7) is 2.77. The number of halogens is 1. The second kappa shape index (κ2) is 5.17. The van der Waals surface area contributed by atoms with E-state index in [0.717, 1.165) is 23.1 Å². The van der Waals surface area contributed by atoms with Gasteiger partial charge < -0.3 is 0 Å². The Balaban J connectivity index is 2.39. The molecule has 0 aliphatic rings. The monoisotopic (exact) mass is 286 g/mol. The highest BCUT2D eigenvalue weighted by Crippen LogP contribution is 2.21. The topological polar surface area (TPSA) is 26.9 Å². The summed E-state index contributed by atoms with van der Waals surface area (Å²) in [7, 11) is 0. The highest BCUT2D eigenvalue weighted by Gasteiger charge is 2.14. The number of imidazole rings is 1. The van der Waals surface area contributed by atoms with Gasteiger partial charge in [-0.15, -0.1) is 0 Å². The van der Waals surface area contributed by atoms with E-state index in [4.69, 9.17) is 11.6 Å². The van der Waals surface area contributed by atoms with Gasteiger partial charge in [-0.1, -0.05) is 36.7 Å². The number of aromatic nitrogens is 2. The second-order valence-electron chi connectivity index (χ2n) is 4.74. The van der Waals surface area contributed by atoms with Crippen LogP contribution in [0.25, 0.3) is 16.7 Å². The number of fused-ring (bicyclic) bond motifs is 1. The summed E-state index contributed by atoms with van der Waals surface area (Å²) < 4.78 is 3.52. The minimum absolute atomic E-state index is 0.0182. The smallest absolute Gasteiger partial charge is 0.292 e. The van der Waals surface area contributed by atoms with Crippen LogP contribution in [0.3, 0.4) is 0 Å². The SMILES string of the molecule is CCCn1c(=O)n(-c2ccccc2)c2cc(Cl)ccc21. The van der Waals surface area contributed by atoms with Gasteiger partial charge in [0.15, 0.2) is 0 Å². The van der Waals surface area contributed by atoms with Crippen molar-refractivity contribution in [2.75, 3.05) is 0 Å². The Morgan fingerprint density at radius 1 is 1.05 bits per heavy atom. The van der Waals surface area contributed by atoms with Crippen LogP contribution in [0.1, 0.15) is 13.3 Å². The van der Waals surface area contributed by atoms with E-state index in [1.807, 2.05) is 48.5 Å². The van der Waals surface area contributed by atoms with E-state index in [0.29, 0.717) is 11.6 Å². The second-order valence-corrected chi connectivity index (χ2v) is 5.17. The molecule has 20 heavy (non-hydrogen) atoms. The van der Waals surface area contributed by atoms with Crippen molar-refractivity contribution >= 4 is 22.6 Å². The Bertz CT molecular complexity index is 802. The van der Waals surface area contributed by atoms with Crippen molar-refractivity contribution in [1.82, 2.24) is 9.13 Å². The Morgan fingerprint density at radius 3 is 2.50 bits per heavy atom. The molecular weight excluding hydrogens is 272 g/mol. The first-order chi connectivity index (χ1) is 9.72. The van der Waals surface area contributed by atoms with Gasteiger partial charge in [0.25, 0.3) is 0 Å². The van der Waals surface area contributed by atoms with Crippen LogP contribution >= 0.6 is 11.6 Å². The molecule has 3 nitrogen and oxygen atoms in total. The van der Waals surface area contributed by atoms with Gasteiger partial charge in [-0.3, -0.25) is 9.13 Å². The molecule has 0 atom stereocenters. The largest absolute Gasteiger partial charge is 0.333 e. The van der Waals surface area contributed by atoms with Crippen molar-refractivity contribution in [2.24, 2.45) is 0 Å². The van der Waals surface area contributed by atoms with Crippen molar-refractivity contribution in [3.8, 4) is 5.69 Å². The molecule has 0 N–H and O–H groups in total. The zero-order chi connectivity index (χ0) is 14.1. The van der Waals surface area contributed by atoms with Crippen molar-refractivity contribution in [3.63, 3.8) is 0 Å². The van der Waals surface area contributed by atoms with Gasteiger partial charge in [-0.25, -0.2) is 4.79 Å². The van der Waals surface area contributed by atoms with E-state index in [1.165, 1.54) is 0 Å². The first kappa shape index (κ1) is 13.0. The van der Waals surface area contributed by atoms with Crippen molar-refractivity contribution < 1.29 is 0 Å². The average Bonchev–Trinajstić information content (AvgIpc) is 2.72. The van der Waals surface area contributed by atoms with Gasteiger partial charge in [0.1, 0.15) is 0 Å². The van der Waals surface area contributed by atoms with Gasteiger partial charge in [-0.2, -0.15) is 0 Å². The van der Waals surface area contributed by atoms with Crippen molar-refractivity contribution in [2.45, 2.75) is 19.9 Å². The van der Waals surface area contributed by atoms with E-state index in [-0.39, 0.29) is 5.69 Å². The summed E-state index contributed by atoms with van der Waals surface area (Å²) in [5.74, 6) is 0. The Morgan fingerprint density at radius 2 is 1.80 bits per heavy atom. The molecule has 1 heterocycles. The van der Waals surface area contributed by atoms with E-state index in [9.17, 15) is 4.79 Å². The molecule has 3 aromatic rings. The molecule has 0 bridgehead atoms. The number of aryl methyl sites for hydroxylation is 1. The molecule has 2 aromatic carbocycles. The molecule has 4 heteroatoms. The third kappa shape index (κ3) is 2.04. The van der Waals surface area contributed by atoms with Crippen molar-refractivity contribution in [3.05, 3.63) is 64.0 Å². The molecule has 0 aliphatic heterocycles. The summed E-state index contributed by atoms with van der Waals surface area (Å²) in [5, 5.41) is 0.635. The first-order valence-electron chi connectivity index (χ1n) is 6.68. The maximum absolute atomic E-state index is 12.7. The van der Waals surface area contributed by atoms with Gasteiger partial charge in [0, 0.05) is 11.6 Å². The Kier molecular flexibility index (Phi) is 3.36. The fourth-order valence-corrected chi connectivity index (χ4v) is 2.66. The van der Waals surface area contributed by atoms with Crippen LogP contribution in [0.4, 0.5) is 0 Å². The molecule has 0 amide bonds. The molecule has 0 aliphatic carbocycles. The average molecular weight is 287 g/mol. The van der Waals surface area contributed by atoms with E-state index in [2.05, 4.69) is 6.92 Å². The fraction of sp³-hybridized carbons (Fsp3) is 0.188. The summed E-state index contributed by atoms with van der Waals surface area (Å²) >= 11 is 6.09. The van der Waals surface area contributed by atoms with Crippen LogP contribution in [0, 0.1) is 0 Å². The normalized spacial score (nSPS) is 11.1. The van der Waals surface area contributed by atoms with Gasteiger partial charge in [0.05, 0.1) is 16.7 Å². The molecule has 0 spiro atoms. The van der Waals surface area contributed by atoms with Crippen LogP contribution in [0.5, 0.6) is 0 Å². The standard InChI is InChI=1S/C16H15ClN2O/c1-2-10-18-14-9-8-12(17)11-15(14)19(16(18)20)13-6-4-3-5-7-13/h3-9,11H,2,10H2,1H3. The molecule has 102 valence electrons. The van der Waals surface area contributed by atoms with Crippen molar-refractivity contribution in [1.29, 1.82) is 0 Å². The van der Waals surface area contributed by atoms with Crippen LogP contribution in [-0.2, 0) is 6.54 Å². The van der Waals surface area contributed by atoms with Crippen LogP contribution in [0.15, 0.2) is 53.3 Å². The molecule has 1 aromatic heterocycles. The van der Waals surface area contributed by atoms with E-state index < -0.39 is 0 Å². The molecule has 0 fully saturated rings. The lowest BCUT2D eigenvalue weighted by Gasteiger charge is -2.02. The predicted molar refractivity (Wildman–Crippen MR) is 82.8 cm³/mol. The number of para-hydroxylation sites is 1. The fourth-order valence-electron chi connectivity index (χ4n) is 2.50. The number of hydrogen-bond acceptors (Lipinski definition) is 1. The minimum Gasteiger partial charge on any atom is -0.292 e. The summed E-state index contributed by atoms with van der Waals surface area (Å²) in [6.07, 6.45) is 0.913. The molecule has 0 radical (unpaired) electrons. The quantitative estimate of drug-likeness (QED) is 0.718. The third-order valence-corrected chi connectivity index (χ3v) is 3.59. The molecule has 0 saturated carbocycles. The van der Waals surface area contributed by atoms with Crippen LogP contribution in [-0.4, -0.2) is 9.13 Å². The number of hydrogen-bond donors (Lipinski definition) is 0. The number of benzene rings is 2. The maximum atomic E-state index is 12.7. The minimum atomic E-state index is -0.0182. The molecule has 3 rings (SSSR count). The van der Waals surface area contributed by atoms with Crippen LogP contribution in [0.2, 0.25) is 5.02 Å². The lowest BCUT2D eigenvalue weighted by atomic mass is 10.3. The summed E-state index contributed by atoms with van der Waals surface area (Å²) in [6, 6.07) is 15.2. The Labute approximate surface area is 122 Å². The highest BCUT2D eigenvalue weighted by atomic mass is 35.5. The highest BCUT2D eigenvalue weighted by molar-refractivity contribution is 6.31. The molecular formula is C16H15ClN2O. The molecule has 0 saturated heterocycles. The molecule has 0 unspecified atom stereocenters. The maximum Gasteiger partial charge on any atom is 0.333 e. The van der Waals surface area contributed by atoms with E-state index >= 15 is 0 Å². The van der Waals surface area contributed by atoms with Crippen LogP contribution < -0.4 is 5.69 Å². The summed E-state index contributed by atoms with van der Waals surface area (Å²) in [5.41, 5.74) is 2.61. The van der Waals surface area contributed by atoms with Gasteiger partial charge in [0.2, 0.25) is 0 Å².